The Balaban J connectivity index is 1.49. The zero-order chi connectivity index (χ0) is 20.4. The first-order chi connectivity index (χ1) is 14.1. The highest BCUT2D eigenvalue weighted by Crippen LogP contribution is 2.38. The van der Waals surface area contributed by atoms with Gasteiger partial charge in [0.1, 0.15) is 10.8 Å². The predicted octanol–water partition coefficient (Wildman–Crippen LogP) is 4.70. The van der Waals surface area contributed by atoms with Crippen molar-refractivity contribution >= 4 is 28.2 Å². The number of hydrogen-bond donors (Lipinski definition) is 1. The summed E-state index contributed by atoms with van der Waals surface area (Å²) in [6.07, 6.45) is 7.92. The summed E-state index contributed by atoms with van der Waals surface area (Å²) in [7, 11) is 1.38. The third kappa shape index (κ3) is 4.17. The van der Waals surface area contributed by atoms with Gasteiger partial charge in [0.05, 0.1) is 12.7 Å². The lowest BCUT2D eigenvalue weighted by atomic mass is 9.92. The number of fused-ring (bicyclic) bond motifs is 2. The van der Waals surface area contributed by atoms with Gasteiger partial charge in [0.15, 0.2) is 6.10 Å². The molecule has 4 rings (SSSR count). The fraction of sp³-hybridized carbons (Fsp3) is 0.478. The Labute approximate surface area is 175 Å². The quantitative estimate of drug-likeness (QED) is 0.722. The highest BCUT2D eigenvalue weighted by molar-refractivity contribution is 7.17. The minimum Gasteiger partial charge on any atom is -0.481 e. The van der Waals surface area contributed by atoms with Crippen LogP contribution in [0.3, 0.4) is 0 Å². The van der Waals surface area contributed by atoms with Gasteiger partial charge in [-0.3, -0.25) is 4.79 Å². The molecule has 0 saturated heterocycles. The molecule has 0 fully saturated rings. The number of thiophene rings is 1. The van der Waals surface area contributed by atoms with Crippen molar-refractivity contribution in [2.75, 3.05) is 12.4 Å². The zero-order valence-corrected chi connectivity index (χ0v) is 17.8. The van der Waals surface area contributed by atoms with Gasteiger partial charge in [0.2, 0.25) is 0 Å². The van der Waals surface area contributed by atoms with Crippen LogP contribution >= 0.6 is 11.3 Å². The molecular weight excluding hydrogens is 386 g/mol. The predicted molar refractivity (Wildman–Crippen MR) is 114 cm³/mol. The first kappa shape index (κ1) is 20.0. The van der Waals surface area contributed by atoms with Gasteiger partial charge in [-0.25, -0.2) is 4.79 Å². The smallest absolute Gasteiger partial charge is 0.341 e. The van der Waals surface area contributed by atoms with Gasteiger partial charge < -0.3 is 14.8 Å². The Kier molecular flexibility index (Phi) is 5.90. The number of esters is 1. The molecule has 0 saturated carbocycles. The van der Waals surface area contributed by atoms with Crippen molar-refractivity contribution in [2.45, 2.75) is 64.4 Å². The number of ether oxygens (including phenoxy) is 2. The van der Waals surface area contributed by atoms with Crippen LogP contribution in [0.4, 0.5) is 5.00 Å². The highest BCUT2D eigenvalue weighted by atomic mass is 32.1. The molecule has 5 nitrogen and oxygen atoms in total. The number of amides is 1. The zero-order valence-electron chi connectivity index (χ0n) is 17.0. The molecule has 2 aliphatic carbocycles. The monoisotopic (exact) mass is 413 g/mol. The third-order valence-corrected chi connectivity index (χ3v) is 7.01. The van der Waals surface area contributed by atoms with Crippen LogP contribution in [0.1, 0.15) is 64.5 Å². The summed E-state index contributed by atoms with van der Waals surface area (Å²) in [4.78, 5) is 26.3. The number of anilines is 1. The van der Waals surface area contributed by atoms with Crippen molar-refractivity contribution in [3.05, 3.63) is 45.3 Å². The molecule has 0 aliphatic heterocycles. The summed E-state index contributed by atoms with van der Waals surface area (Å²) in [6.45, 7) is 1.74. The third-order valence-electron chi connectivity index (χ3n) is 5.80. The highest BCUT2D eigenvalue weighted by Gasteiger charge is 2.28. The van der Waals surface area contributed by atoms with E-state index in [4.69, 9.17) is 9.47 Å². The van der Waals surface area contributed by atoms with E-state index in [2.05, 4.69) is 17.4 Å². The molecular formula is C23H27NO4S. The molecule has 0 bridgehead atoms. The van der Waals surface area contributed by atoms with E-state index in [1.165, 1.54) is 47.3 Å². The van der Waals surface area contributed by atoms with E-state index in [1.54, 1.807) is 6.92 Å². The van der Waals surface area contributed by atoms with Gasteiger partial charge in [0, 0.05) is 4.88 Å². The molecule has 2 aliphatic rings. The molecule has 29 heavy (non-hydrogen) atoms. The Hall–Kier alpha value is -2.34. The summed E-state index contributed by atoms with van der Waals surface area (Å²) < 4.78 is 10.9. The van der Waals surface area contributed by atoms with Gasteiger partial charge in [-0.1, -0.05) is 6.07 Å². The van der Waals surface area contributed by atoms with Gasteiger partial charge in [0.25, 0.3) is 5.91 Å². The lowest BCUT2D eigenvalue weighted by Gasteiger charge is -2.19. The van der Waals surface area contributed by atoms with Crippen LogP contribution in [-0.4, -0.2) is 25.1 Å². The van der Waals surface area contributed by atoms with Crippen molar-refractivity contribution in [2.24, 2.45) is 0 Å². The normalized spacial score (nSPS) is 16.3. The van der Waals surface area contributed by atoms with E-state index in [1.807, 2.05) is 6.07 Å². The summed E-state index contributed by atoms with van der Waals surface area (Å²) in [6, 6.07) is 6.11. The van der Waals surface area contributed by atoms with Crippen LogP contribution in [-0.2, 0) is 35.2 Å². The van der Waals surface area contributed by atoms with Crippen molar-refractivity contribution in [3.8, 4) is 5.75 Å². The van der Waals surface area contributed by atoms with Gasteiger partial charge in [-0.2, -0.15) is 0 Å². The van der Waals surface area contributed by atoms with E-state index in [-0.39, 0.29) is 11.9 Å². The SMILES string of the molecule is COC(=O)c1c(NC(=O)C(C)Oc2ccc3c(c2)CCCC3)sc2c1CCCC2. The fourth-order valence-corrected chi connectivity index (χ4v) is 5.51. The number of carbonyl (C=O) groups excluding carboxylic acids is 2. The lowest BCUT2D eigenvalue weighted by molar-refractivity contribution is -0.122. The van der Waals surface area contributed by atoms with Gasteiger partial charge in [-0.05, 0) is 87.1 Å². The summed E-state index contributed by atoms with van der Waals surface area (Å²) in [5, 5.41) is 3.50. The number of aryl methyl sites for hydroxylation is 3. The molecule has 154 valence electrons. The van der Waals surface area contributed by atoms with Crippen LogP contribution in [0, 0.1) is 0 Å². The molecule has 2 aromatic rings. The Bertz CT molecular complexity index is 933. The molecule has 1 atom stereocenters. The first-order valence-corrected chi connectivity index (χ1v) is 11.2. The number of carbonyl (C=O) groups is 2. The molecule has 1 aromatic heterocycles. The molecule has 1 N–H and O–H groups in total. The average molecular weight is 414 g/mol. The maximum absolute atomic E-state index is 12.8. The average Bonchev–Trinajstić information content (AvgIpc) is 3.10. The van der Waals surface area contributed by atoms with E-state index in [0.717, 1.165) is 44.1 Å². The molecule has 1 heterocycles. The van der Waals surface area contributed by atoms with E-state index >= 15 is 0 Å². The first-order valence-electron chi connectivity index (χ1n) is 10.4. The number of nitrogens with one attached hydrogen (secondary N) is 1. The Morgan fingerprint density at radius 1 is 1.03 bits per heavy atom. The van der Waals surface area contributed by atoms with Crippen molar-refractivity contribution < 1.29 is 19.1 Å². The largest absolute Gasteiger partial charge is 0.481 e. The number of rotatable bonds is 5. The molecule has 0 spiro atoms. The molecule has 0 radical (unpaired) electrons. The number of benzene rings is 1. The van der Waals surface area contributed by atoms with Gasteiger partial charge in [-0.15, -0.1) is 11.3 Å². The molecule has 1 amide bonds. The van der Waals surface area contributed by atoms with Crippen LogP contribution in [0.2, 0.25) is 0 Å². The minimum absolute atomic E-state index is 0.258. The van der Waals surface area contributed by atoms with Gasteiger partial charge >= 0.3 is 5.97 Å². The second-order valence-corrected chi connectivity index (χ2v) is 8.90. The van der Waals surface area contributed by atoms with Crippen molar-refractivity contribution in [1.29, 1.82) is 0 Å². The van der Waals surface area contributed by atoms with Crippen LogP contribution < -0.4 is 10.1 Å². The summed E-state index contributed by atoms with van der Waals surface area (Å²) >= 11 is 1.49. The van der Waals surface area contributed by atoms with E-state index in [0.29, 0.717) is 16.3 Å². The molecule has 1 aromatic carbocycles. The Morgan fingerprint density at radius 3 is 2.55 bits per heavy atom. The lowest BCUT2D eigenvalue weighted by Crippen LogP contribution is -2.30. The maximum atomic E-state index is 12.8. The second-order valence-electron chi connectivity index (χ2n) is 7.79. The number of methoxy groups -OCH3 is 1. The second kappa shape index (κ2) is 8.57. The van der Waals surface area contributed by atoms with Crippen molar-refractivity contribution in [1.82, 2.24) is 0 Å². The molecule has 6 heteroatoms. The topological polar surface area (TPSA) is 64.6 Å². The minimum atomic E-state index is -0.665. The van der Waals surface area contributed by atoms with E-state index in [9.17, 15) is 9.59 Å². The number of hydrogen-bond acceptors (Lipinski definition) is 5. The molecule has 1 unspecified atom stereocenters. The summed E-state index contributed by atoms with van der Waals surface area (Å²) in [5.41, 5.74) is 4.25. The van der Waals surface area contributed by atoms with Crippen molar-refractivity contribution in [3.63, 3.8) is 0 Å². The van der Waals surface area contributed by atoms with Crippen LogP contribution in [0.25, 0.3) is 0 Å². The van der Waals surface area contributed by atoms with Crippen LogP contribution in [0.5, 0.6) is 5.75 Å². The Morgan fingerprint density at radius 2 is 1.76 bits per heavy atom. The van der Waals surface area contributed by atoms with Crippen LogP contribution in [0.15, 0.2) is 18.2 Å². The fourth-order valence-electron chi connectivity index (χ4n) is 4.23. The maximum Gasteiger partial charge on any atom is 0.341 e. The van der Waals surface area contributed by atoms with E-state index < -0.39 is 6.10 Å². The summed E-state index contributed by atoms with van der Waals surface area (Å²) in [5.74, 6) is 0.0707. The standard InChI is InChI=1S/C23H27NO4S/c1-14(28-17-12-11-15-7-3-4-8-16(15)13-17)21(25)24-22-20(23(26)27-2)18-9-5-6-10-19(18)29-22/h11-14H,3-10H2,1-2H3,(H,24,25).